The molecule has 2 heterocycles. The molecule has 106 valence electrons. The van der Waals surface area contributed by atoms with Crippen LogP contribution in [0.4, 0.5) is 5.13 Å². The first-order valence-electron chi connectivity index (χ1n) is 6.41. The van der Waals surface area contributed by atoms with Gasteiger partial charge in [0.25, 0.3) is 0 Å². The maximum Gasteiger partial charge on any atom is 0.236 e. The second-order valence-corrected chi connectivity index (χ2v) is 6.70. The minimum absolute atomic E-state index is 0.0534. The van der Waals surface area contributed by atoms with Crippen molar-refractivity contribution < 1.29 is 4.79 Å². The summed E-state index contributed by atoms with van der Waals surface area (Å²) in [5.74, 6) is 0.288. The number of rotatable bonds is 4. The molecule has 3 aromatic rings. The van der Waals surface area contributed by atoms with Gasteiger partial charge in [0.2, 0.25) is 5.91 Å². The number of nitrogens with one attached hydrogen (secondary N) is 1. The van der Waals surface area contributed by atoms with Crippen molar-refractivity contribution in [2.24, 2.45) is 0 Å². The van der Waals surface area contributed by atoms with Crippen LogP contribution < -0.4 is 5.32 Å². The van der Waals surface area contributed by atoms with Crippen LogP contribution in [0.1, 0.15) is 4.88 Å². The number of amides is 1. The normalized spacial score (nSPS) is 10.7. The van der Waals surface area contributed by atoms with Crippen LogP contribution in [0, 0.1) is 6.92 Å². The first-order valence-corrected chi connectivity index (χ1v) is 8.21. The Morgan fingerprint density at radius 3 is 2.95 bits per heavy atom. The summed E-state index contributed by atoms with van der Waals surface area (Å²) in [4.78, 5) is 22.5. The first kappa shape index (κ1) is 14.0. The number of carbonyl (C=O) groups is 1. The lowest BCUT2D eigenvalue weighted by Gasteiger charge is -2.05. The van der Waals surface area contributed by atoms with E-state index >= 15 is 0 Å². The highest BCUT2D eigenvalue weighted by molar-refractivity contribution is 8.00. The van der Waals surface area contributed by atoms with Gasteiger partial charge in [0, 0.05) is 27.6 Å². The van der Waals surface area contributed by atoms with E-state index in [0.717, 1.165) is 20.7 Å². The number of anilines is 1. The average Bonchev–Trinajstić information content (AvgIpc) is 2.90. The van der Waals surface area contributed by atoms with Crippen LogP contribution in [0.25, 0.3) is 10.9 Å². The van der Waals surface area contributed by atoms with Gasteiger partial charge in [-0.1, -0.05) is 18.2 Å². The molecule has 3 rings (SSSR count). The van der Waals surface area contributed by atoms with E-state index in [2.05, 4.69) is 15.3 Å². The Hall–Kier alpha value is -1.92. The van der Waals surface area contributed by atoms with Crippen molar-refractivity contribution in [3.05, 3.63) is 47.6 Å². The second kappa shape index (κ2) is 6.24. The van der Waals surface area contributed by atoms with Gasteiger partial charge in [0.1, 0.15) is 0 Å². The molecule has 0 saturated carbocycles. The predicted octanol–water partition coefficient (Wildman–Crippen LogP) is 3.73. The van der Waals surface area contributed by atoms with Crippen molar-refractivity contribution in [1.82, 2.24) is 9.97 Å². The molecule has 21 heavy (non-hydrogen) atoms. The molecule has 2 aromatic heterocycles. The van der Waals surface area contributed by atoms with Crippen molar-refractivity contribution in [2.75, 3.05) is 11.1 Å². The van der Waals surface area contributed by atoms with Crippen LogP contribution in [0.15, 0.2) is 47.6 Å². The lowest BCUT2D eigenvalue weighted by atomic mass is 10.2. The van der Waals surface area contributed by atoms with Gasteiger partial charge in [-0.15, -0.1) is 23.1 Å². The number of para-hydroxylation sites is 1. The lowest BCUT2D eigenvalue weighted by molar-refractivity contribution is -0.113. The predicted molar refractivity (Wildman–Crippen MR) is 87.9 cm³/mol. The van der Waals surface area contributed by atoms with E-state index in [0.29, 0.717) is 10.9 Å². The van der Waals surface area contributed by atoms with Crippen LogP contribution in [0.5, 0.6) is 0 Å². The van der Waals surface area contributed by atoms with Crippen LogP contribution >= 0.6 is 23.1 Å². The van der Waals surface area contributed by atoms with Gasteiger partial charge in [-0.25, -0.2) is 4.98 Å². The number of nitrogens with zero attached hydrogens (tertiary/aromatic N) is 2. The zero-order chi connectivity index (χ0) is 14.7. The van der Waals surface area contributed by atoms with Gasteiger partial charge in [-0.3, -0.25) is 9.78 Å². The highest BCUT2D eigenvalue weighted by Gasteiger charge is 2.08. The van der Waals surface area contributed by atoms with E-state index in [1.807, 2.05) is 37.3 Å². The summed E-state index contributed by atoms with van der Waals surface area (Å²) in [5.41, 5.74) is 0.933. The van der Waals surface area contributed by atoms with Crippen LogP contribution in [-0.4, -0.2) is 21.6 Å². The van der Waals surface area contributed by atoms with Crippen molar-refractivity contribution in [3.8, 4) is 0 Å². The van der Waals surface area contributed by atoms with Gasteiger partial charge in [-0.05, 0) is 19.1 Å². The summed E-state index contributed by atoms with van der Waals surface area (Å²) >= 11 is 2.96. The minimum atomic E-state index is -0.0534. The summed E-state index contributed by atoms with van der Waals surface area (Å²) < 4.78 is 0. The van der Waals surface area contributed by atoms with Gasteiger partial charge >= 0.3 is 0 Å². The Kier molecular flexibility index (Phi) is 4.17. The number of pyridine rings is 1. The number of fused-ring (bicyclic) bond motifs is 1. The maximum atomic E-state index is 11.9. The number of benzene rings is 1. The maximum absolute atomic E-state index is 11.9. The largest absolute Gasteiger partial charge is 0.301 e. The Labute approximate surface area is 130 Å². The molecule has 1 N–H and O–H groups in total. The summed E-state index contributed by atoms with van der Waals surface area (Å²) in [5, 5.41) is 4.54. The Morgan fingerprint density at radius 2 is 2.14 bits per heavy atom. The molecule has 0 radical (unpaired) electrons. The molecule has 0 aliphatic rings. The van der Waals surface area contributed by atoms with Gasteiger partial charge in [0.15, 0.2) is 5.13 Å². The number of thiazole rings is 1. The molecule has 6 heteroatoms. The van der Waals surface area contributed by atoms with E-state index in [9.17, 15) is 4.79 Å². The third-order valence-corrected chi connectivity index (χ3v) is 4.70. The summed E-state index contributed by atoms with van der Waals surface area (Å²) in [6, 6.07) is 9.92. The Bertz CT molecular complexity index is 780. The zero-order valence-corrected chi connectivity index (χ0v) is 13.0. The third kappa shape index (κ3) is 3.40. The Balaban J connectivity index is 1.67. The fraction of sp³-hybridized carbons (Fsp3) is 0.133. The number of hydrogen-bond donors (Lipinski definition) is 1. The molecule has 4 nitrogen and oxygen atoms in total. The lowest BCUT2D eigenvalue weighted by Crippen LogP contribution is -2.13. The van der Waals surface area contributed by atoms with E-state index in [1.165, 1.54) is 23.1 Å². The van der Waals surface area contributed by atoms with Crippen LogP contribution in [0.2, 0.25) is 0 Å². The molecule has 0 unspecified atom stereocenters. The summed E-state index contributed by atoms with van der Waals surface area (Å²) in [6.45, 7) is 1.96. The minimum Gasteiger partial charge on any atom is -0.301 e. The SMILES string of the molecule is Cc1cnc(NC(=O)CSc2cccc3cccnc23)s1. The number of thioether (sulfide) groups is 1. The van der Waals surface area contributed by atoms with Gasteiger partial charge in [-0.2, -0.15) is 0 Å². The van der Waals surface area contributed by atoms with E-state index in [-0.39, 0.29) is 5.91 Å². The molecule has 0 aliphatic heterocycles. The van der Waals surface area contributed by atoms with Crippen molar-refractivity contribution in [2.45, 2.75) is 11.8 Å². The van der Waals surface area contributed by atoms with Crippen LogP contribution in [0.3, 0.4) is 0 Å². The van der Waals surface area contributed by atoms with Crippen molar-refractivity contribution >= 4 is 45.0 Å². The molecular formula is C15H13N3OS2. The van der Waals surface area contributed by atoms with E-state index in [4.69, 9.17) is 0 Å². The van der Waals surface area contributed by atoms with Crippen molar-refractivity contribution in [1.29, 1.82) is 0 Å². The molecule has 0 aliphatic carbocycles. The molecule has 1 amide bonds. The van der Waals surface area contributed by atoms with Gasteiger partial charge < -0.3 is 5.32 Å². The average molecular weight is 315 g/mol. The topological polar surface area (TPSA) is 54.9 Å². The number of aromatic nitrogens is 2. The highest BCUT2D eigenvalue weighted by atomic mass is 32.2. The van der Waals surface area contributed by atoms with Gasteiger partial charge in [0.05, 0.1) is 11.3 Å². The molecule has 0 bridgehead atoms. The second-order valence-electron chi connectivity index (χ2n) is 4.44. The van der Waals surface area contributed by atoms with Crippen LogP contribution in [-0.2, 0) is 4.79 Å². The Morgan fingerprint density at radius 1 is 1.29 bits per heavy atom. The summed E-state index contributed by atoms with van der Waals surface area (Å²) in [7, 11) is 0. The fourth-order valence-electron chi connectivity index (χ4n) is 1.90. The third-order valence-electron chi connectivity index (χ3n) is 2.82. The summed E-state index contributed by atoms with van der Waals surface area (Å²) in [6.07, 6.45) is 3.52. The molecule has 0 atom stereocenters. The smallest absolute Gasteiger partial charge is 0.236 e. The van der Waals surface area contributed by atoms with E-state index in [1.54, 1.807) is 12.4 Å². The first-order chi connectivity index (χ1) is 10.2. The molecule has 0 fully saturated rings. The highest BCUT2D eigenvalue weighted by Crippen LogP contribution is 2.26. The molecular weight excluding hydrogens is 302 g/mol. The monoisotopic (exact) mass is 315 g/mol. The molecule has 0 saturated heterocycles. The number of carbonyl (C=O) groups excluding carboxylic acids is 1. The fourth-order valence-corrected chi connectivity index (χ4v) is 3.43. The quantitative estimate of drug-likeness (QED) is 0.745. The zero-order valence-electron chi connectivity index (χ0n) is 11.4. The van der Waals surface area contributed by atoms with Crippen molar-refractivity contribution in [3.63, 3.8) is 0 Å². The number of aryl methyl sites for hydroxylation is 1. The standard InChI is InChI=1S/C15H13N3OS2/c1-10-8-17-15(21-10)18-13(19)9-20-12-6-2-4-11-5-3-7-16-14(11)12/h2-8H,9H2,1H3,(H,17,18,19). The number of hydrogen-bond acceptors (Lipinski definition) is 5. The molecule has 0 spiro atoms. The molecule has 1 aromatic carbocycles. The van der Waals surface area contributed by atoms with E-state index < -0.39 is 0 Å².